The van der Waals surface area contributed by atoms with Crippen LogP contribution >= 0.6 is 41.7 Å². The van der Waals surface area contributed by atoms with Crippen LogP contribution in [-0.2, 0) is 26.6 Å². The fourth-order valence-electron chi connectivity index (χ4n) is 2.48. The van der Waals surface area contributed by atoms with Crippen molar-refractivity contribution in [1.82, 2.24) is 15.0 Å². The Morgan fingerprint density at radius 3 is 2.31 bits per heavy atom. The van der Waals surface area contributed by atoms with Crippen LogP contribution in [0.2, 0.25) is 10.0 Å². The molecule has 0 atom stereocenters. The Labute approximate surface area is 205 Å². The van der Waals surface area contributed by atoms with Gasteiger partial charge in [-0.1, -0.05) is 41.0 Å². The second-order valence-electron chi connectivity index (χ2n) is 6.09. The van der Waals surface area contributed by atoms with E-state index in [-0.39, 0.29) is 11.8 Å². The molecule has 3 rings (SSSR count). The molecule has 0 spiro atoms. The molecule has 32 heavy (non-hydrogen) atoms. The Balaban J connectivity index is 1.96. The number of rotatable bonds is 10. The van der Waals surface area contributed by atoms with E-state index in [1.54, 1.807) is 50.2 Å². The molecule has 0 aliphatic heterocycles. The van der Waals surface area contributed by atoms with E-state index >= 15 is 0 Å². The summed E-state index contributed by atoms with van der Waals surface area (Å²) in [6.45, 7) is 1.08. The molecular formula is C20H19Cl2FN3O3PS2. The maximum Gasteiger partial charge on any atom is 0.382 e. The Hall–Kier alpha value is -1.32. The molecule has 0 bridgehead atoms. The zero-order valence-corrected chi connectivity index (χ0v) is 21.2. The van der Waals surface area contributed by atoms with E-state index in [1.165, 1.54) is 17.8 Å². The van der Waals surface area contributed by atoms with Gasteiger partial charge in [0.05, 0.1) is 13.2 Å². The van der Waals surface area contributed by atoms with Gasteiger partial charge in [-0.2, -0.15) is 9.97 Å². The van der Waals surface area contributed by atoms with Crippen molar-refractivity contribution >= 4 is 53.5 Å². The average Bonchev–Trinajstić information content (AvgIpc) is 2.74. The first kappa shape index (κ1) is 25.3. The molecule has 0 fully saturated rings. The third kappa shape index (κ3) is 6.84. The SMILES string of the molecule is CCOP(=S)(OCC)Oc1nc(SCc2c(F)cccc2Cl)nc(-c2ccc(Cl)cc2)n1. The summed E-state index contributed by atoms with van der Waals surface area (Å²) < 4.78 is 31.0. The van der Waals surface area contributed by atoms with Crippen LogP contribution in [-0.4, -0.2) is 28.2 Å². The molecule has 12 heteroatoms. The summed E-state index contributed by atoms with van der Waals surface area (Å²) >= 11 is 18.7. The molecule has 0 saturated heterocycles. The van der Waals surface area contributed by atoms with Crippen LogP contribution in [0.5, 0.6) is 6.01 Å². The quantitative estimate of drug-likeness (QED) is 0.205. The standard InChI is InChI=1S/C20H19Cl2FN3O3PS2/c1-3-27-30(31,28-4-2)29-19-24-18(13-8-10-14(21)11-9-13)25-20(26-19)32-12-15-16(22)6-5-7-17(15)23/h5-11H,3-4,12H2,1-2H3. The summed E-state index contributed by atoms with van der Waals surface area (Å²) in [6, 6.07) is 11.5. The Morgan fingerprint density at radius 2 is 1.69 bits per heavy atom. The Morgan fingerprint density at radius 1 is 1.00 bits per heavy atom. The number of benzene rings is 2. The molecule has 0 radical (unpaired) electrons. The van der Waals surface area contributed by atoms with Crippen molar-refractivity contribution in [3.05, 3.63) is 63.9 Å². The van der Waals surface area contributed by atoms with Gasteiger partial charge in [-0.15, -0.1) is 0 Å². The van der Waals surface area contributed by atoms with Crippen LogP contribution in [0.15, 0.2) is 47.6 Å². The number of hydrogen-bond acceptors (Lipinski definition) is 8. The number of halogens is 3. The summed E-state index contributed by atoms with van der Waals surface area (Å²) in [5.41, 5.74) is 1.04. The van der Waals surface area contributed by atoms with Gasteiger partial charge in [0.1, 0.15) is 5.82 Å². The number of nitrogens with zero attached hydrogens (tertiary/aromatic N) is 3. The number of hydrogen-bond donors (Lipinski definition) is 0. The summed E-state index contributed by atoms with van der Waals surface area (Å²) in [7, 11) is 0. The number of thioether (sulfide) groups is 1. The zero-order chi connectivity index (χ0) is 23.1. The minimum Gasteiger partial charge on any atom is -0.389 e. The predicted octanol–water partition coefficient (Wildman–Crippen LogP) is 6.95. The van der Waals surface area contributed by atoms with Gasteiger partial charge in [0.2, 0.25) is 0 Å². The van der Waals surface area contributed by atoms with E-state index in [2.05, 4.69) is 15.0 Å². The highest BCUT2D eigenvalue weighted by Gasteiger charge is 2.24. The second-order valence-corrected chi connectivity index (χ2v) is 10.8. The first-order valence-corrected chi connectivity index (χ1v) is 13.8. The lowest BCUT2D eigenvalue weighted by Crippen LogP contribution is -2.06. The minimum absolute atomic E-state index is 0.0442. The molecule has 0 amide bonds. The normalized spacial score (nSPS) is 11.5. The average molecular weight is 534 g/mol. The molecular weight excluding hydrogens is 515 g/mol. The topological polar surface area (TPSA) is 66.4 Å². The van der Waals surface area contributed by atoms with Crippen LogP contribution in [0.3, 0.4) is 0 Å². The summed E-state index contributed by atoms with van der Waals surface area (Å²) in [5, 5.41) is 1.20. The van der Waals surface area contributed by atoms with Crippen molar-refractivity contribution in [2.75, 3.05) is 13.2 Å². The predicted molar refractivity (Wildman–Crippen MR) is 129 cm³/mol. The van der Waals surface area contributed by atoms with Crippen LogP contribution in [0.4, 0.5) is 4.39 Å². The molecule has 2 aromatic carbocycles. The van der Waals surface area contributed by atoms with Gasteiger partial charge in [0.15, 0.2) is 11.0 Å². The molecule has 1 aromatic heterocycles. The van der Waals surface area contributed by atoms with E-state index in [9.17, 15) is 4.39 Å². The monoisotopic (exact) mass is 533 g/mol. The van der Waals surface area contributed by atoms with Gasteiger partial charge in [-0.05, 0) is 50.2 Å². The lowest BCUT2D eigenvalue weighted by molar-refractivity contribution is 0.213. The minimum atomic E-state index is -3.10. The lowest BCUT2D eigenvalue weighted by Gasteiger charge is -2.20. The van der Waals surface area contributed by atoms with Gasteiger partial charge in [-0.25, -0.2) is 9.37 Å². The molecule has 0 N–H and O–H groups in total. The first-order valence-electron chi connectivity index (χ1n) is 9.50. The smallest absolute Gasteiger partial charge is 0.382 e. The summed E-state index contributed by atoms with van der Waals surface area (Å²) in [5.74, 6) is 0.139. The maximum absolute atomic E-state index is 14.2. The molecule has 0 aliphatic rings. The zero-order valence-electron chi connectivity index (χ0n) is 17.1. The van der Waals surface area contributed by atoms with Crippen molar-refractivity contribution in [2.45, 2.75) is 24.8 Å². The second kappa shape index (κ2) is 11.7. The fraction of sp³-hybridized carbons (Fsp3) is 0.250. The molecule has 0 unspecified atom stereocenters. The number of aromatic nitrogens is 3. The molecule has 0 aliphatic carbocycles. The van der Waals surface area contributed by atoms with E-state index in [1.807, 2.05) is 0 Å². The van der Waals surface area contributed by atoms with Crippen molar-refractivity contribution in [2.24, 2.45) is 0 Å². The van der Waals surface area contributed by atoms with E-state index < -0.39 is 12.5 Å². The third-order valence-corrected chi connectivity index (χ3v) is 7.74. The van der Waals surface area contributed by atoms with Gasteiger partial charge in [0, 0.05) is 38.7 Å². The molecule has 3 aromatic rings. The largest absolute Gasteiger partial charge is 0.389 e. The first-order chi connectivity index (χ1) is 15.3. The highest BCUT2D eigenvalue weighted by Crippen LogP contribution is 2.49. The highest BCUT2D eigenvalue weighted by molar-refractivity contribution is 8.07. The Bertz CT molecular complexity index is 1100. The van der Waals surface area contributed by atoms with Crippen molar-refractivity contribution in [3.8, 4) is 17.4 Å². The highest BCUT2D eigenvalue weighted by atomic mass is 35.5. The molecule has 1 heterocycles. The van der Waals surface area contributed by atoms with Gasteiger partial charge < -0.3 is 4.52 Å². The maximum atomic E-state index is 14.2. The molecule has 170 valence electrons. The van der Waals surface area contributed by atoms with E-state index in [4.69, 9.17) is 48.6 Å². The van der Waals surface area contributed by atoms with Crippen molar-refractivity contribution in [3.63, 3.8) is 0 Å². The van der Waals surface area contributed by atoms with Crippen molar-refractivity contribution < 1.29 is 18.0 Å². The van der Waals surface area contributed by atoms with Crippen LogP contribution in [0.1, 0.15) is 19.4 Å². The Kier molecular flexibility index (Phi) is 9.25. The lowest BCUT2D eigenvalue weighted by atomic mass is 10.2. The van der Waals surface area contributed by atoms with Gasteiger partial charge in [-0.3, -0.25) is 9.05 Å². The van der Waals surface area contributed by atoms with Crippen LogP contribution in [0.25, 0.3) is 11.4 Å². The summed E-state index contributed by atoms with van der Waals surface area (Å²) in [6.07, 6.45) is 0. The van der Waals surface area contributed by atoms with E-state index in [0.717, 1.165) is 0 Å². The van der Waals surface area contributed by atoms with Gasteiger partial charge >= 0.3 is 12.7 Å². The van der Waals surface area contributed by atoms with Crippen molar-refractivity contribution in [1.29, 1.82) is 0 Å². The van der Waals surface area contributed by atoms with Gasteiger partial charge in [0.25, 0.3) is 0 Å². The molecule has 0 saturated carbocycles. The fourth-order valence-corrected chi connectivity index (χ4v) is 5.71. The van der Waals surface area contributed by atoms with Crippen LogP contribution < -0.4 is 4.52 Å². The van der Waals surface area contributed by atoms with Crippen LogP contribution in [0, 0.1) is 5.82 Å². The molecule has 6 nitrogen and oxygen atoms in total. The summed E-state index contributed by atoms with van der Waals surface area (Å²) in [4.78, 5) is 13.2. The third-order valence-electron chi connectivity index (χ3n) is 3.87. The van der Waals surface area contributed by atoms with E-state index in [0.29, 0.717) is 45.4 Å².